The van der Waals surface area contributed by atoms with Crippen LogP contribution >= 0.6 is 11.3 Å². The summed E-state index contributed by atoms with van der Waals surface area (Å²) < 4.78 is 2.06. The van der Waals surface area contributed by atoms with Crippen LogP contribution in [0.5, 0.6) is 0 Å². The fraction of sp³-hybridized carbons (Fsp3) is 0.214. The molecule has 2 heterocycles. The minimum atomic E-state index is 0.761. The number of hydrogen-bond donors (Lipinski definition) is 1. The lowest BCUT2D eigenvalue weighted by atomic mass is 10.1. The van der Waals surface area contributed by atoms with Crippen LogP contribution in [0.15, 0.2) is 36.0 Å². The second-order valence-electron chi connectivity index (χ2n) is 4.56. The summed E-state index contributed by atoms with van der Waals surface area (Å²) in [5.41, 5.74) is 4.79. The van der Waals surface area contributed by atoms with Gasteiger partial charge in [0.1, 0.15) is 0 Å². The Morgan fingerprint density at radius 3 is 2.72 bits per heavy atom. The van der Waals surface area contributed by atoms with E-state index in [1.165, 1.54) is 11.1 Å². The smallest absolute Gasteiger partial charge is 0.193 e. The van der Waals surface area contributed by atoms with E-state index >= 15 is 0 Å². The molecule has 0 radical (unpaired) electrons. The summed E-state index contributed by atoms with van der Waals surface area (Å²) in [5, 5.41) is 5.47. The van der Waals surface area contributed by atoms with Crippen molar-refractivity contribution in [3.8, 4) is 0 Å². The first kappa shape index (κ1) is 11.3. The third kappa shape index (κ3) is 2.24. The molecular weight excluding hydrogens is 242 g/mol. The third-order valence-electron chi connectivity index (χ3n) is 2.84. The van der Waals surface area contributed by atoms with Crippen LogP contribution in [0.25, 0.3) is 4.96 Å². The molecule has 3 rings (SSSR count). The minimum absolute atomic E-state index is 0.761. The quantitative estimate of drug-likeness (QED) is 0.776. The first-order valence-electron chi connectivity index (χ1n) is 5.94. The number of thiazole rings is 1. The van der Waals surface area contributed by atoms with Crippen LogP contribution in [-0.4, -0.2) is 9.38 Å². The van der Waals surface area contributed by atoms with Crippen molar-refractivity contribution in [2.24, 2.45) is 0 Å². The van der Waals surface area contributed by atoms with Crippen molar-refractivity contribution in [3.63, 3.8) is 0 Å². The molecule has 0 aliphatic heterocycles. The van der Waals surface area contributed by atoms with E-state index in [1.807, 2.05) is 11.6 Å². The van der Waals surface area contributed by atoms with E-state index in [0.29, 0.717) is 0 Å². The highest BCUT2D eigenvalue weighted by atomic mass is 32.1. The van der Waals surface area contributed by atoms with Crippen molar-refractivity contribution in [2.45, 2.75) is 20.4 Å². The molecule has 18 heavy (non-hydrogen) atoms. The lowest BCUT2D eigenvalue weighted by Gasteiger charge is -2.06. The number of rotatable bonds is 3. The maximum Gasteiger partial charge on any atom is 0.193 e. The van der Waals surface area contributed by atoms with Gasteiger partial charge >= 0.3 is 0 Å². The van der Waals surface area contributed by atoms with Gasteiger partial charge in [-0.15, -0.1) is 11.3 Å². The number of aryl methyl sites for hydroxylation is 2. The van der Waals surface area contributed by atoms with Crippen LogP contribution in [0.4, 0.5) is 5.69 Å². The Hall–Kier alpha value is -1.81. The number of fused-ring (bicyclic) bond motifs is 1. The van der Waals surface area contributed by atoms with Crippen LogP contribution in [0.3, 0.4) is 0 Å². The Bertz CT molecular complexity index is 632. The predicted octanol–water partition coefficient (Wildman–Crippen LogP) is 3.62. The number of nitrogens with one attached hydrogen (secondary N) is 1. The van der Waals surface area contributed by atoms with Crippen molar-refractivity contribution in [1.29, 1.82) is 0 Å². The second kappa shape index (κ2) is 4.46. The molecule has 0 fully saturated rings. The van der Waals surface area contributed by atoms with Gasteiger partial charge in [-0.1, -0.05) is 6.07 Å². The average molecular weight is 257 g/mol. The normalized spacial score (nSPS) is 11.0. The van der Waals surface area contributed by atoms with Crippen molar-refractivity contribution in [1.82, 2.24) is 9.38 Å². The van der Waals surface area contributed by atoms with Crippen LogP contribution < -0.4 is 5.32 Å². The summed E-state index contributed by atoms with van der Waals surface area (Å²) in [6.45, 7) is 4.99. The number of hydrogen-bond acceptors (Lipinski definition) is 3. The third-order valence-corrected chi connectivity index (χ3v) is 3.61. The molecule has 0 amide bonds. The fourth-order valence-corrected chi connectivity index (χ4v) is 2.85. The molecule has 1 aromatic carbocycles. The Morgan fingerprint density at radius 1 is 1.22 bits per heavy atom. The van der Waals surface area contributed by atoms with Gasteiger partial charge in [0.05, 0.1) is 12.2 Å². The van der Waals surface area contributed by atoms with Crippen LogP contribution in [0.2, 0.25) is 0 Å². The maximum atomic E-state index is 4.55. The first-order chi connectivity index (χ1) is 8.70. The monoisotopic (exact) mass is 257 g/mol. The molecule has 0 aliphatic rings. The molecule has 3 aromatic rings. The number of nitrogens with zero attached hydrogens (tertiary/aromatic N) is 2. The second-order valence-corrected chi connectivity index (χ2v) is 5.43. The van der Waals surface area contributed by atoms with Crippen molar-refractivity contribution in [3.05, 3.63) is 52.8 Å². The largest absolute Gasteiger partial charge is 0.379 e. The summed E-state index contributed by atoms with van der Waals surface area (Å²) in [6, 6.07) is 6.49. The van der Waals surface area contributed by atoms with Crippen molar-refractivity contribution < 1.29 is 0 Å². The predicted molar refractivity (Wildman–Crippen MR) is 76.3 cm³/mol. The van der Waals surface area contributed by atoms with Gasteiger partial charge in [0, 0.05) is 23.5 Å². The zero-order valence-electron chi connectivity index (χ0n) is 10.5. The molecule has 0 spiro atoms. The highest BCUT2D eigenvalue weighted by Gasteiger charge is 2.02. The summed E-state index contributed by atoms with van der Waals surface area (Å²) in [5.74, 6) is 0. The molecule has 0 unspecified atom stereocenters. The lowest BCUT2D eigenvalue weighted by Crippen LogP contribution is -2.00. The first-order valence-corrected chi connectivity index (χ1v) is 6.82. The standard InChI is InChI=1S/C14H15N3S/c1-10-5-11(2)7-12(6-10)15-8-13-9-17-3-4-18-14(17)16-13/h3-7,9,15H,8H2,1-2H3. The summed E-state index contributed by atoms with van der Waals surface area (Å²) in [6.07, 6.45) is 4.11. The molecule has 0 saturated carbocycles. The van der Waals surface area contributed by atoms with E-state index in [1.54, 1.807) is 11.3 Å². The zero-order valence-corrected chi connectivity index (χ0v) is 11.3. The fourth-order valence-electron chi connectivity index (χ4n) is 2.13. The van der Waals surface area contributed by atoms with Gasteiger partial charge in [0.2, 0.25) is 0 Å². The Labute approximate surface area is 110 Å². The van der Waals surface area contributed by atoms with Crippen molar-refractivity contribution >= 4 is 22.0 Å². The Kier molecular flexibility index (Phi) is 2.80. The van der Waals surface area contributed by atoms with Gasteiger partial charge in [-0.25, -0.2) is 4.98 Å². The van der Waals surface area contributed by atoms with Crippen LogP contribution in [0, 0.1) is 13.8 Å². The van der Waals surface area contributed by atoms with Gasteiger partial charge in [0.25, 0.3) is 0 Å². The molecule has 0 saturated heterocycles. The minimum Gasteiger partial charge on any atom is -0.379 e. The van der Waals surface area contributed by atoms with Crippen LogP contribution in [0.1, 0.15) is 16.8 Å². The molecule has 0 bridgehead atoms. The molecule has 2 aromatic heterocycles. The number of imidazole rings is 1. The summed E-state index contributed by atoms with van der Waals surface area (Å²) in [4.78, 5) is 5.60. The van der Waals surface area contributed by atoms with Gasteiger partial charge < -0.3 is 5.32 Å². The zero-order chi connectivity index (χ0) is 12.5. The van der Waals surface area contributed by atoms with E-state index in [0.717, 1.165) is 22.9 Å². The van der Waals surface area contributed by atoms with Gasteiger partial charge in [-0.05, 0) is 37.1 Å². The molecule has 3 nitrogen and oxygen atoms in total. The molecule has 92 valence electrons. The number of benzene rings is 1. The maximum absolute atomic E-state index is 4.55. The van der Waals surface area contributed by atoms with E-state index in [-0.39, 0.29) is 0 Å². The average Bonchev–Trinajstić information content (AvgIpc) is 2.84. The van der Waals surface area contributed by atoms with Crippen LogP contribution in [-0.2, 0) is 6.54 Å². The summed E-state index contributed by atoms with van der Waals surface area (Å²) >= 11 is 1.66. The highest BCUT2D eigenvalue weighted by molar-refractivity contribution is 7.15. The van der Waals surface area contributed by atoms with E-state index in [4.69, 9.17) is 0 Å². The lowest BCUT2D eigenvalue weighted by molar-refractivity contribution is 1.08. The van der Waals surface area contributed by atoms with Gasteiger partial charge in [0.15, 0.2) is 4.96 Å². The molecule has 4 heteroatoms. The molecule has 0 atom stereocenters. The number of anilines is 1. The van der Waals surface area contributed by atoms with E-state index in [2.05, 4.69) is 52.9 Å². The van der Waals surface area contributed by atoms with Gasteiger partial charge in [-0.2, -0.15) is 0 Å². The molecule has 0 aliphatic carbocycles. The highest BCUT2D eigenvalue weighted by Crippen LogP contribution is 2.16. The molecular formula is C14H15N3S. The van der Waals surface area contributed by atoms with E-state index < -0.39 is 0 Å². The Balaban J connectivity index is 1.75. The van der Waals surface area contributed by atoms with Crippen molar-refractivity contribution in [2.75, 3.05) is 5.32 Å². The molecule has 1 N–H and O–H groups in total. The number of aromatic nitrogens is 2. The van der Waals surface area contributed by atoms with Gasteiger partial charge in [-0.3, -0.25) is 4.40 Å². The SMILES string of the molecule is Cc1cc(C)cc(NCc2cn3ccsc3n2)c1. The Morgan fingerprint density at radius 2 is 2.00 bits per heavy atom. The van der Waals surface area contributed by atoms with E-state index in [9.17, 15) is 0 Å². The summed E-state index contributed by atoms with van der Waals surface area (Å²) in [7, 11) is 0. The topological polar surface area (TPSA) is 29.3 Å².